The van der Waals surface area contributed by atoms with Gasteiger partial charge < -0.3 is 5.73 Å². The van der Waals surface area contributed by atoms with Gasteiger partial charge in [-0.15, -0.1) is 0 Å². The molecular weight excluding hydrogens is 311 g/mol. The first kappa shape index (κ1) is 12.1. The van der Waals surface area contributed by atoms with Crippen LogP contribution in [0.3, 0.4) is 0 Å². The largest absolute Gasteiger partial charge is 0.369 e. The molecule has 0 radical (unpaired) electrons. The number of aryl methyl sites for hydroxylation is 1. The lowest BCUT2D eigenvalue weighted by Crippen LogP contribution is -2.04. The first-order chi connectivity index (χ1) is 9.09. The molecule has 0 aliphatic heterocycles. The Bertz CT molecular complexity index is 761. The van der Waals surface area contributed by atoms with E-state index in [1.54, 1.807) is 18.3 Å². The lowest BCUT2D eigenvalue weighted by Gasteiger charge is -2.09. The van der Waals surface area contributed by atoms with Crippen molar-refractivity contribution in [3.63, 3.8) is 0 Å². The van der Waals surface area contributed by atoms with E-state index >= 15 is 0 Å². The number of pyridine rings is 1. The number of para-hydroxylation sites is 1. The van der Waals surface area contributed by atoms with Gasteiger partial charge in [0.15, 0.2) is 5.65 Å². The van der Waals surface area contributed by atoms with Gasteiger partial charge in [0.1, 0.15) is 17.0 Å². The molecule has 0 aliphatic rings. The summed E-state index contributed by atoms with van der Waals surface area (Å²) in [4.78, 5) is 8.52. The molecule has 0 atom stereocenters. The molecule has 4 nitrogen and oxygen atoms in total. The van der Waals surface area contributed by atoms with Crippen molar-refractivity contribution in [1.82, 2.24) is 14.5 Å². The van der Waals surface area contributed by atoms with Gasteiger partial charge in [0.05, 0.1) is 0 Å². The lowest BCUT2D eigenvalue weighted by molar-refractivity contribution is 0.618. The molecule has 19 heavy (non-hydrogen) atoms. The zero-order valence-electron chi connectivity index (χ0n) is 10.1. The molecule has 0 unspecified atom stereocenters. The lowest BCUT2D eigenvalue weighted by atomic mass is 10.2. The molecule has 2 heterocycles. The van der Waals surface area contributed by atoms with Gasteiger partial charge in [0.25, 0.3) is 0 Å². The zero-order chi connectivity index (χ0) is 13.6. The van der Waals surface area contributed by atoms with E-state index in [4.69, 9.17) is 5.73 Å². The molecule has 2 aromatic heterocycles. The van der Waals surface area contributed by atoms with Crippen molar-refractivity contribution in [2.45, 2.75) is 6.92 Å². The molecule has 3 rings (SSSR count). The Kier molecular flexibility index (Phi) is 2.74. The molecule has 6 heteroatoms. The van der Waals surface area contributed by atoms with Crippen LogP contribution in [-0.4, -0.2) is 14.5 Å². The maximum Gasteiger partial charge on any atom is 0.207 e. The second kappa shape index (κ2) is 4.31. The Labute approximate surface area is 117 Å². The number of hydrogen-bond acceptors (Lipinski definition) is 3. The van der Waals surface area contributed by atoms with Crippen molar-refractivity contribution < 1.29 is 4.39 Å². The second-order valence-corrected chi connectivity index (χ2v) is 5.03. The minimum atomic E-state index is -0.385. The normalized spacial score (nSPS) is 11.1. The standard InChI is InChI=1S/C13H10BrFN4/c1-7-5-6-17-12-10(7)18-13(16)19(12)11-8(14)3-2-4-9(11)15/h2-6H,1H3,(H2,16,18). The van der Waals surface area contributed by atoms with E-state index in [1.807, 2.05) is 13.0 Å². The van der Waals surface area contributed by atoms with E-state index in [0.29, 0.717) is 21.3 Å². The summed E-state index contributed by atoms with van der Waals surface area (Å²) in [5.74, 6) is -0.175. The molecule has 0 bridgehead atoms. The number of hydrogen-bond donors (Lipinski definition) is 1. The number of nitrogens with two attached hydrogens (primary N) is 1. The summed E-state index contributed by atoms with van der Waals surface area (Å²) in [6, 6.07) is 6.59. The van der Waals surface area contributed by atoms with Crippen LogP contribution in [0, 0.1) is 12.7 Å². The van der Waals surface area contributed by atoms with Crippen LogP contribution in [0.4, 0.5) is 10.3 Å². The molecule has 0 saturated heterocycles. The van der Waals surface area contributed by atoms with Crippen LogP contribution in [0.2, 0.25) is 0 Å². The van der Waals surface area contributed by atoms with Gasteiger partial charge in [-0.1, -0.05) is 6.07 Å². The maximum atomic E-state index is 14.1. The topological polar surface area (TPSA) is 56.7 Å². The predicted octanol–water partition coefficient (Wildman–Crippen LogP) is 3.21. The van der Waals surface area contributed by atoms with Crippen molar-refractivity contribution >= 4 is 33.0 Å². The van der Waals surface area contributed by atoms with Gasteiger partial charge in [-0.2, -0.15) is 0 Å². The van der Waals surface area contributed by atoms with Gasteiger partial charge in [-0.25, -0.2) is 14.4 Å². The highest BCUT2D eigenvalue weighted by Crippen LogP contribution is 2.30. The van der Waals surface area contributed by atoms with Crippen molar-refractivity contribution in [3.05, 3.63) is 46.3 Å². The molecule has 0 amide bonds. The van der Waals surface area contributed by atoms with Crippen molar-refractivity contribution in [2.75, 3.05) is 5.73 Å². The fraction of sp³-hybridized carbons (Fsp3) is 0.0769. The number of nitrogen functional groups attached to an aromatic ring is 1. The van der Waals surface area contributed by atoms with E-state index < -0.39 is 0 Å². The molecule has 0 spiro atoms. The van der Waals surface area contributed by atoms with Crippen molar-refractivity contribution in [2.24, 2.45) is 0 Å². The number of anilines is 1. The monoisotopic (exact) mass is 320 g/mol. The average molecular weight is 321 g/mol. The Morgan fingerprint density at radius 2 is 2.11 bits per heavy atom. The summed E-state index contributed by atoms with van der Waals surface area (Å²) in [7, 11) is 0. The van der Waals surface area contributed by atoms with Crippen LogP contribution < -0.4 is 5.73 Å². The molecule has 0 saturated carbocycles. The van der Waals surface area contributed by atoms with E-state index in [1.165, 1.54) is 10.6 Å². The Morgan fingerprint density at radius 1 is 1.32 bits per heavy atom. The molecule has 96 valence electrons. The first-order valence-corrected chi connectivity index (χ1v) is 6.43. The summed E-state index contributed by atoms with van der Waals surface area (Å²) in [5, 5.41) is 0. The van der Waals surface area contributed by atoms with Crippen LogP contribution in [0.1, 0.15) is 5.56 Å². The maximum absolute atomic E-state index is 14.1. The Hall–Kier alpha value is -1.95. The molecular formula is C13H10BrFN4. The van der Waals surface area contributed by atoms with E-state index in [-0.39, 0.29) is 11.8 Å². The highest BCUT2D eigenvalue weighted by Gasteiger charge is 2.17. The molecule has 3 aromatic rings. The predicted molar refractivity (Wildman–Crippen MR) is 75.7 cm³/mol. The Morgan fingerprint density at radius 3 is 2.84 bits per heavy atom. The van der Waals surface area contributed by atoms with Crippen LogP contribution in [0.25, 0.3) is 16.9 Å². The number of rotatable bonds is 1. The minimum Gasteiger partial charge on any atom is -0.369 e. The van der Waals surface area contributed by atoms with Crippen LogP contribution in [0.15, 0.2) is 34.9 Å². The van der Waals surface area contributed by atoms with Crippen molar-refractivity contribution in [1.29, 1.82) is 0 Å². The SMILES string of the molecule is Cc1ccnc2c1nc(N)n2-c1c(F)cccc1Br. The molecule has 1 aromatic carbocycles. The van der Waals surface area contributed by atoms with E-state index in [9.17, 15) is 4.39 Å². The van der Waals surface area contributed by atoms with Gasteiger partial charge in [-0.05, 0) is 46.6 Å². The molecule has 0 fully saturated rings. The quantitative estimate of drug-likeness (QED) is 0.749. The average Bonchev–Trinajstić information content (AvgIpc) is 2.68. The third-order valence-corrected chi connectivity index (χ3v) is 3.57. The zero-order valence-corrected chi connectivity index (χ0v) is 11.6. The van der Waals surface area contributed by atoms with Crippen LogP contribution in [0.5, 0.6) is 0 Å². The third kappa shape index (κ3) is 1.79. The van der Waals surface area contributed by atoms with Gasteiger partial charge >= 0.3 is 0 Å². The molecule has 0 aliphatic carbocycles. The highest BCUT2D eigenvalue weighted by molar-refractivity contribution is 9.10. The van der Waals surface area contributed by atoms with Crippen LogP contribution >= 0.6 is 15.9 Å². The van der Waals surface area contributed by atoms with E-state index in [0.717, 1.165) is 5.56 Å². The number of fused-ring (bicyclic) bond motifs is 1. The molecule has 2 N–H and O–H groups in total. The number of imidazole rings is 1. The van der Waals surface area contributed by atoms with Crippen LogP contribution in [-0.2, 0) is 0 Å². The second-order valence-electron chi connectivity index (χ2n) is 4.18. The van der Waals surface area contributed by atoms with E-state index in [2.05, 4.69) is 25.9 Å². The summed E-state index contributed by atoms with van der Waals surface area (Å²) in [6.45, 7) is 1.91. The summed E-state index contributed by atoms with van der Waals surface area (Å²) in [6.07, 6.45) is 1.66. The number of halogens is 2. The highest BCUT2D eigenvalue weighted by atomic mass is 79.9. The Balaban J connectivity index is 2.44. The fourth-order valence-corrected chi connectivity index (χ4v) is 2.55. The third-order valence-electron chi connectivity index (χ3n) is 2.94. The fourth-order valence-electron chi connectivity index (χ4n) is 2.03. The van der Waals surface area contributed by atoms with Gasteiger partial charge in [-0.3, -0.25) is 4.57 Å². The number of benzene rings is 1. The smallest absolute Gasteiger partial charge is 0.207 e. The minimum absolute atomic E-state index is 0.211. The summed E-state index contributed by atoms with van der Waals surface area (Å²) >= 11 is 3.33. The number of aromatic nitrogens is 3. The van der Waals surface area contributed by atoms with Gasteiger partial charge in [0, 0.05) is 10.7 Å². The summed E-state index contributed by atoms with van der Waals surface area (Å²) < 4.78 is 16.2. The summed E-state index contributed by atoms with van der Waals surface area (Å²) in [5.41, 5.74) is 8.40. The van der Waals surface area contributed by atoms with Gasteiger partial charge in [0.2, 0.25) is 5.95 Å². The van der Waals surface area contributed by atoms with Crippen molar-refractivity contribution in [3.8, 4) is 5.69 Å². The first-order valence-electron chi connectivity index (χ1n) is 5.63. The number of nitrogens with zero attached hydrogens (tertiary/aromatic N) is 3.